The third kappa shape index (κ3) is 10.2. The van der Waals surface area contributed by atoms with E-state index in [0.717, 1.165) is 0 Å². The van der Waals surface area contributed by atoms with Crippen LogP contribution in [0.4, 0.5) is 0 Å². The molecule has 4 atom stereocenters. The number of aliphatic carboxylic acids is 1. The molecule has 4 unspecified atom stereocenters. The summed E-state index contributed by atoms with van der Waals surface area (Å²) in [5.41, 5.74) is 10.6. The van der Waals surface area contributed by atoms with Crippen LogP contribution in [-0.2, 0) is 24.0 Å². The Hall–Kier alpha value is -1.99. The molecule has 0 saturated carbocycles. The van der Waals surface area contributed by atoms with Gasteiger partial charge in [-0.15, -0.1) is 0 Å². The maximum atomic E-state index is 12.7. The Kier molecular flexibility index (Phi) is 13.2. The van der Waals surface area contributed by atoms with Gasteiger partial charge in [0, 0.05) is 5.75 Å². The Bertz CT molecular complexity index is 634. The third-order valence-electron chi connectivity index (χ3n) is 4.04. The quantitative estimate of drug-likeness (QED) is 0.144. The zero-order chi connectivity index (χ0) is 23.4. The summed E-state index contributed by atoms with van der Waals surface area (Å²) in [5, 5.41) is 16.5. The predicted octanol–water partition coefficient (Wildman–Crippen LogP) is -1.93. The van der Waals surface area contributed by atoms with Gasteiger partial charge in [0.25, 0.3) is 0 Å². The van der Waals surface area contributed by atoms with Crippen molar-refractivity contribution in [3.8, 4) is 0 Å². The van der Waals surface area contributed by atoms with Crippen molar-refractivity contribution < 1.29 is 29.1 Å². The van der Waals surface area contributed by atoms with Crippen molar-refractivity contribution in [1.29, 1.82) is 0 Å². The minimum absolute atomic E-state index is 0.0907. The van der Waals surface area contributed by atoms with E-state index in [4.69, 9.17) is 16.6 Å². The van der Waals surface area contributed by atoms with Crippen LogP contribution in [0.2, 0.25) is 0 Å². The molecular weight excluding hydrogens is 434 g/mol. The van der Waals surface area contributed by atoms with E-state index in [1.165, 1.54) is 11.8 Å². The minimum Gasteiger partial charge on any atom is -0.480 e. The lowest BCUT2D eigenvalue weighted by Crippen LogP contribution is -2.58. The maximum absolute atomic E-state index is 12.7. The molecule has 0 aliphatic carbocycles. The summed E-state index contributed by atoms with van der Waals surface area (Å²) >= 11 is 5.38. The second kappa shape index (κ2) is 14.1. The van der Waals surface area contributed by atoms with Gasteiger partial charge in [-0.3, -0.25) is 19.2 Å². The molecule has 0 aromatic carbocycles. The molecule has 8 N–H and O–H groups in total. The number of nitrogens with one attached hydrogen (secondary N) is 3. The average molecular weight is 466 g/mol. The Morgan fingerprint density at radius 1 is 1.00 bits per heavy atom. The molecule has 172 valence electrons. The number of hydrogen-bond donors (Lipinski definition) is 7. The zero-order valence-corrected chi connectivity index (χ0v) is 18.9. The van der Waals surface area contributed by atoms with Crippen molar-refractivity contribution in [3.63, 3.8) is 0 Å². The molecule has 13 heteroatoms. The first-order valence-electron chi connectivity index (χ1n) is 9.22. The average Bonchev–Trinajstić information content (AvgIpc) is 2.66. The number of hydrogen-bond acceptors (Lipinski definition) is 8. The first-order chi connectivity index (χ1) is 13.9. The zero-order valence-electron chi connectivity index (χ0n) is 17.2. The van der Waals surface area contributed by atoms with E-state index >= 15 is 0 Å². The smallest absolute Gasteiger partial charge is 0.326 e. The van der Waals surface area contributed by atoms with Crippen molar-refractivity contribution in [2.75, 3.05) is 17.8 Å². The largest absolute Gasteiger partial charge is 0.480 e. The highest BCUT2D eigenvalue weighted by Gasteiger charge is 2.31. The molecule has 0 rings (SSSR count). The Morgan fingerprint density at radius 3 is 2.00 bits per heavy atom. The van der Waals surface area contributed by atoms with E-state index < -0.39 is 60.2 Å². The number of carboxylic acids is 1. The molecule has 0 radical (unpaired) electrons. The second-order valence-corrected chi connectivity index (χ2v) is 8.28. The minimum atomic E-state index is -1.52. The molecular formula is C17H31N5O6S2. The van der Waals surface area contributed by atoms with Gasteiger partial charge in [0.15, 0.2) is 0 Å². The van der Waals surface area contributed by atoms with Crippen LogP contribution < -0.4 is 27.4 Å². The van der Waals surface area contributed by atoms with Gasteiger partial charge in [-0.2, -0.15) is 24.4 Å². The topological polar surface area (TPSA) is 194 Å². The van der Waals surface area contributed by atoms with Crippen molar-refractivity contribution in [3.05, 3.63) is 0 Å². The van der Waals surface area contributed by atoms with Gasteiger partial charge >= 0.3 is 5.97 Å². The second-order valence-electron chi connectivity index (χ2n) is 6.93. The number of thiol groups is 1. The molecule has 0 aromatic heterocycles. The number of primary amides is 1. The molecule has 0 heterocycles. The molecule has 0 aliphatic rings. The number of carbonyl (C=O) groups is 5. The van der Waals surface area contributed by atoms with E-state index in [1.807, 2.05) is 0 Å². The highest BCUT2D eigenvalue weighted by Crippen LogP contribution is 2.07. The molecule has 30 heavy (non-hydrogen) atoms. The normalized spacial score (nSPS) is 14.9. The van der Waals surface area contributed by atoms with Crippen molar-refractivity contribution in [2.45, 2.75) is 50.9 Å². The van der Waals surface area contributed by atoms with Crippen LogP contribution in [-0.4, -0.2) is 76.6 Å². The predicted molar refractivity (Wildman–Crippen MR) is 117 cm³/mol. The van der Waals surface area contributed by atoms with Crippen molar-refractivity contribution in [1.82, 2.24) is 16.0 Å². The molecule has 0 fully saturated rings. The van der Waals surface area contributed by atoms with Crippen LogP contribution in [0.25, 0.3) is 0 Å². The standard InChI is InChI=1S/C17H31N5O6S2/c1-8(2)13(22-14(24)9(18)7-29)16(26)20-10(4-5-30-3)15(25)21-11(17(27)28)6-12(19)23/h8-11,13,29H,4-7,18H2,1-3H3,(H2,19,23)(H,20,26)(H,21,25)(H,22,24)(H,27,28). The first kappa shape index (κ1) is 28.0. The lowest BCUT2D eigenvalue weighted by Gasteiger charge is -2.26. The van der Waals surface area contributed by atoms with E-state index in [-0.39, 0.29) is 18.1 Å². The lowest BCUT2D eigenvalue weighted by atomic mass is 10.0. The Morgan fingerprint density at radius 2 is 1.57 bits per heavy atom. The van der Waals surface area contributed by atoms with Crippen LogP contribution in [0, 0.1) is 5.92 Å². The number of rotatable bonds is 14. The van der Waals surface area contributed by atoms with E-state index in [0.29, 0.717) is 5.75 Å². The van der Waals surface area contributed by atoms with Crippen molar-refractivity contribution in [2.24, 2.45) is 17.4 Å². The lowest BCUT2D eigenvalue weighted by molar-refractivity contribution is -0.143. The highest BCUT2D eigenvalue weighted by molar-refractivity contribution is 7.98. The molecule has 0 spiro atoms. The van der Waals surface area contributed by atoms with E-state index in [2.05, 4.69) is 28.6 Å². The van der Waals surface area contributed by atoms with Gasteiger partial charge in [0.05, 0.1) is 12.5 Å². The van der Waals surface area contributed by atoms with Crippen LogP contribution in [0.1, 0.15) is 26.7 Å². The van der Waals surface area contributed by atoms with Crippen LogP contribution in [0.5, 0.6) is 0 Å². The van der Waals surface area contributed by atoms with Gasteiger partial charge < -0.3 is 32.5 Å². The van der Waals surface area contributed by atoms with Crippen LogP contribution in [0.3, 0.4) is 0 Å². The fourth-order valence-electron chi connectivity index (χ4n) is 2.32. The molecule has 0 saturated heterocycles. The summed E-state index contributed by atoms with van der Waals surface area (Å²) in [6.07, 6.45) is 1.42. The fourth-order valence-corrected chi connectivity index (χ4v) is 2.95. The van der Waals surface area contributed by atoms with E-state index in [9.17, 15) is 24.0 Å². The van der Waals surface area contributed by atoms with Crippen molar-refractivity contribution >= 4 is 54.0 Å². The summed E-state index contributed by atoms with van der Waals surface area (Å²) < 4.78 is 0. The summed E-state index contributed by atoms with van der Waals surface area (Å²) in [6.45, 7) is 3.42. The van der Waals surface area contributed by atoms with Gasteiger partial charge in [0.1, 0.15) is 18.1 Å². The van der Waals surface area contributed by atoms with Gasteiger partial charge in [-0.1, -0.05) is 13.8 Å². The van der Waals surface area contributed by atoms with Crippen LogP contribution in [0.15, 0.2) is 0 Å². The SMILES string of the molecule is CSCCC(NC(=O)C(NC(=O)C(N)CS)C(C)C)C(=O)NC(CC(N)=O)C(=O)O. The summed E-state index contributed by atoms with van der Waals surface area (Å²) in [6, 6.07) is -4.45. The Labute approximate surface area is 185 Å². The van der Waals surface area contributed by atoms with E-state index in [1.54, 1.807) is 20.1 Å². The summed E-state index contributed by atoms with van der Waals surface area (Å²) in [5.74, 6) is -3.99. The van der Waals surface area contributed by atoms with Gasteiger partial charge in [0.2, 0.25) is 23.6 Å². The first-order valence-corrected chi connectivity index (χ1v) is 11.2. The number of carboxylic acid groups (broad SMARTS) is 1. The molecule has 11 nitrogen and oxygen atoms in total. The van der Waals surface area contributed by atoms with Crippen LogP contribution >= 0.6 is 24.4 Å². The third-order valence-corrected chi connectivity index (χ3v) is 5.08. The summed E-state index contributed by atoms with van der Waals surface area (Å²) in [4.78, 5) is 59.7. The number of amides is 4. The monoisotopic (exact) mass is 465 g/mol. The fraction of sp³-hybridized carbons (Fsp3) is 0.706. The summed E-state index contributed by atoms with van der Waals surface area (Å²) in [7, 11) is 0. The number of thioether (sulfide) groups is 1. The number of nitrogens with two attached hydrogens (primary N) is 2. The molecule has 0 bridgehead atoms. The maximum Gasteiger partial charge on any atom is 0.326 e. The number of carbonyl (C=O) groups excluding carboxylic acids is 4. The molecule has 0 aromatic rings. The Balaban J connectivity index is 5.37. The molecule has 4 amide bonds. The van der Waals surface area contributed by atoms with Gasteiger partial charge in [-0.05, 0) is 24.3 Å². The van der Waals surface area contributed by atoms with Gasteiger partial charge in [-0.25, -0.2) is 4.79 Å². The highest BCUT2D eigenvalue weighted by atomic mass is 32.2. The molecule has 0 aliphatic heterocycles.